The minimum absolute atomic E-state index is 0.142. The predicted octanol–water partition coefficient (Wildman–Crippen LogP) is 2.47. The van der Waals surface area contributed by atoms with Crippen LogP contribution in [0.4, 0.5) is 11.4 Å². The minimum Gasteiger partial charge on any atom is -0.497 e. The molecule has 0 aromatic heterocycles. The van der Waals surface area contributed by atoms with Crippen LogP contribution >= 0.6 is 12.2 Å². The third-order valence-corrected chi connectivity index (χ3v) is 4.39. The van der Waals surface area contributed by atoms with Crippen LogP contribution in [0, 0.1) is 0 Å². The van der Waals surface area contributed by atoms with Crippen molar-refractivity contribution in [1.82, 2.24) is 10.9 Å². The van der Waals surface area contributed by atoms with Crippen molar-refractivity contribution in [2.45, 2.75) is 12.8 Å². The number of ether oxygens (including phenoxy) is 1. The summed E-state index contributed by atoms with van der Waals surface area (Å²) in [5, 5.41) is 3.31. The normalized spacial score (nSPS) is 12.7. The van der Waals surface area contributed by atoms with Gasteiger partial charge in [0.15, 0.2) is 5.11 Å². The van der Waals surface area contributed by atoms with Crippen molar-refractivity contribution in [1.29, 1.82) is 0 Å². The number of carbonyl (C=O) groups excluding carboxylic acids is 1. The van der Waals surface area contributed by atoms with Crippen molar-refractivity contribution < 1.29 is 9.53 Å². The highest BCUT2D eigenvalue weighted by Gasteiger charge is 2.18. The van der Waals surface area contributed by atoms with Gasteiger partial charge in [0, 0.05) is 24.0 Å². The maximum Gasteiger partial charge on any atom is 0.257 e. The van der Waals surface area contributed by atoms with Crippen molar-refractivity contribution in [3.8, 4) is 5.75 Å². The van der Waals surface area contributed by atoms with Crippen LogP contribution in [0.2, 0.25) is 0 Å². The smallest absolute Gasteiger partial charge is 0.257 e. The number of rotatable bonds is 4. The zero-order chi connectivity index (χ0) is 18.4. The fourth-order valence-electron chi connectivity index (χ4n) is 2.98. The molecule has 0 atom stereocenters. The molecule has 0 unspecified atom stereocenters. The molecule has 0 spiro atoms. The molecule has 1 amide bonds. The highest BCUT2D eigenvalue weighted by atomic mass is 32.1. The molecule has 2 aromatic carbocycles. The van der Waals surface area contributed by atoms with Gasteiger partial charge >= 0.3 is 0 Å². The Morgan fingerprint density at radius 2 is 2.04 bits per heavy atom. The average molecular weight is 370 g/mol. The van der Waals surface area contributed by atoms with Gasteiger partial charge in [-0.2, -0.15) is 0 Å². The number of benzene rings is 2. The molecule has 0 saturated heterocycles. The second-order valence-corrected chi connectivity index (χ2v) is 6.42. The molecule has 0 bridgehead atoms. The second kappa shape index (κ2) is 8.53. The number of anilines is 2. The van der Waals surface area contributed by atoms with E-state index in [2.05, 4.69) is 33.2 Å². The fraction of sp³-hybridized carbons (Fsp3) is 0.263. The number of aryl methyl sites for hydroxylation is 1. The number of carbonyl (C=O) groups is 1. The quantitative estimate of drug-likeness (QED) is 0.568. The van der Waals surface area contributed by atoms with Gasteiger partial charge in [0.25, 0.3) is 5.91 Å². The van der Waals surface area contributed by atoms with Gasteiger partial charge in [-0.05, 0) is 48.8 Å². The Morgan fingerprint density at radius 1 is 1.19 bits per heavy atom. The lowest BCUT2D eigenvalue weighted by Gasteiger charge is -2.30. The third-order valence-electron chi connectivity index (χ3n) is 4.18. The molecule has 0 fully saturated rings. The number of amides is 1. The molecule has 6 nitrogen and oxygen atoms in total. The molecule has 3 N–H and O–H groups in total. The molecule has 1 aliphatic heterocycles. The monoisotopic (exact) mass is 370 g/mol. The molecule has 0 saturated carbocycles. The number of methoxy groups -OCH3 is 1. The van der Waals surface area contributed by atoms with E-state index in [1.165, 1.54) is 5.56 Å². The van der Waals surface area contributed by atoms with Crippen LogP contribution in [0.15, 0.2) is 48.5 Å². The van der Waals surface area contributed by atoms with Gasteiger partial charge in [-0.15, -0.1) is 0 Å². The van der Waals surface area contributed by atoms with Gasteiger partial charge in [0.2, 0.25) is 0 Å². The molecule has 7 heteroatoms. The Labute approximate surface area is 158 Å². The zero-order valence-corrected chi connectivity index (χ0v) is 15.4. The Balaban J connectivity index is 1.49. The molecule has 2 aromatic rings. The summed E-state index contributed by atoms with van der Waals surface area (Å²) in [6.07, 6.45) is 2.11. The molecular formula is C19H22N4O2S. The number of nitrogens with one attached hydrogen (secondary N) is 3. The van der Waals surface area contributed by atoms with Gasteiger partial charge in [0.05, 0.1) is 13.7 Å². The molecule has 3 rings (SSSR count). The lowest BCUT2D eigenvalue weighted by Crippen LogP contribution is -2.48. The van der Waals surface area contributed by atoms with E-state index in [0.717, 1.165) is 36.5 Å². The standard InChI is InChI=1S/C19H22N4O2S/c1-25-16-9-4-8-15(12-16)20-19(26)22-21-18(24)13-23-11-5-7-14-6-2-3-10-17(14)23/h2-4,6,8-10,12H,5,7,11,13H2,1H3,(H,21,24)(H2,20,22,26). The Morgan fingerprint density at radius 3 is 2.88 bits per heavy atom. The van der Waals surface area contributed by atoms with E-state index >= 15 is 0 Å². The van der Waals surface area contributed by atoms with E-state index in [-0.39, 0.29) is 12.5 Å². The van der Waals surface area contributed by atoms with Crippen LogP contribution in [0.3, 0.4) is 0 Å². The first-order valence-electron chi connectivity index (χ1n) is 8.48. The largest absolute Gasteiger partial charge is 0.497 e. The molecule has 0 radical (unpaired) electrons. The number of thiocarbonyl (C=S) groups is 1. The topological polar surface area (TPSA) is 65.6 Å². The number of nitrogens with zero attached hydrogens (tertiary/aromatic N) is 1. The van der Waals surface area contributed by atoms with E-state index in [4.69, 9.17) is 17.0 Å². The Kier molecular flexibility index (Phi) is 5.91. The van der Waals surface area contributed by atoms with E-state index in [1.54, 1.807) is 7.11 Å². The maximum atomic E-state index is 12.3. The maximum absolute atomic E-state index is 12.3. The van der Waals surface area contributed by atoms with Crippen LogP contribution in [0.25, 0.3) is 0 Å². The summed E-state index contributed by atoms with van der Waals surface area (Å²) in [7, 11) is 1.61. The first-order chi connectivity index (χ1) is 12.7. The first-order valence-corrected chi connectivity index (χ1v) is 8.89. The molecule has 1 heterocycles. The van der Waals surface area contributed by atoms with E-state index in [1.807, 2.05) is 36.4 Å². The molecule has 26 heavy (non-hydrogen) atoms. The van der Waals surface area contributed by atoms with Gasteiger partial charge in [0.1, 0.15) is 5.75 Å². The summed E-state index contributed by atoms with van der Waals surface area (Å²) in [5.41, 5.74) is 8.58. The number of hydrogen-bond donors (Lipinski definition) is 3. The van der Waals surface area contributed by atoms with Crippen molar-refractivity contribution in [3.63, 3.8) is 0 Å². The van der Waals surface area contributed by atoms with Crippen molar-refractivity contribution in [2.75, 3.05) is 30.4 Å². The molecule has 0 aliphatic carbocycles. The highest BCUT2D eigenvalue weighted by molar-refractivity contribution is 7.80. The van der Waals surface area contributed by atoms with Crippen LogP contribution in [0.5, 0.6) is 5.75 Å². The molecular weight excluding hydrogens is 348 g/mol. The van der Waals surface area contributed by atoms with Crippen molar-refractivity contribution in [2.24, 2.45) is 0 Å². The summed E-state index contributed by atoms with van der Waals surface area (Å²) in [6, 6.07) is 15.6. The molecule has 136 valence electrons. The van der Waals surface area contributed by atoms with E-state index in [9.17, 15) is 4.79 Å². The van der Waals surface area contributed by atoms with E-state index in [0.29, 0.717) is 5.11 Å². The first kappa shape index (κ1) is 18.0. The van der Waals surface area contributed by atoms with Crippen LogP contribution < -0.4 is 25.8 Å². The van der Waals surface area contributed by atoms with Gasteiger partial charge in [-0.25, -0.2) is 0 Å². The van der Waals surface area contributed by atoms with Crippen molar-refractivity contribution >= 4 is 34.6 Å². The number of para-hydroxylation sites is 1. The lowest BCUT2D eigenvalue weighted by atomic mass is 10.0. The number of fused-ring (bicyclic) bond motifs is 1. The average Bonchev–Trinajstić information content (AvgIpc) is 2.67. The van der Waals surface area contributed by atoms with Crippen LogP contribution in [-0.2, 0) is 11.2 Å². The summed E-state index contributed by atoms with van der Waals surface area (Å²) in [6.45, 7) is 1.16. The summed E-state index contributed by atoms with van der Waals surface area (Å²) in [5.74, 6) is 0.585. The second-order valence-electron chi connectivity index (χ2n) is 6.01. The minimum atomic E-state index is -0.142. The summed E-state index contributed by atoms with van der Waals surface area (Å²) < 4.78 is 5.17. The summed E-state index contributed by atoms with van der Waals surface area (Å²) >= 11 is 5.21. The van der Waals surface area contributed by atoms with Gasteiger partial charge in [-0.1, -0.05) is 24.3 Å². The lowest BCUT2D eigenvalue weighted by molar-refractivity contribution is -0.120. The van der Waals surface area contributed by atoms with Crippen molar-refractivity contribution in [3.05, 3.63) is 54.1 Å². The van der Waals surface area contributed by atoms with Crippen LogP contribution in [0.1, 0.15) is 12.0 Å². The molecule has 1 aliphatic rings. The third kappa shape index (κ3) is 4.64. The summed E-state index contributed by atoms with van der Waals surface area (Å²) in [4.78, 5) is 14.3. The zero-order valence-electron chi connectivity index (χ0n) is 14.6. The van der Waals surface area contributed by atoms with E-state index < -0.39 is 0 Å². The fourth-order valence-corrected chi connectivity index (χ4v) is 3.15. The SMILES string of the molecule is COc1cccc(NC(=S)NNC(=O)CN2CCCc3ccccc32)c1. The highest BCUT2D eigenvalue weighted by Crippen LogP contribution is 2.26. The number of hydrogen-bond acceptors (Lipinski definition) is 4. The van der Waals surface area contributed by atoms with Crippen LogP contribution in [-0.4, -0.2) is 31.2 Å². The number of hydrazine groups is 1. The Hall–Kier alpha value is -2.80. The predicted molar refractivity (Wildman–Crippen MR) is 107 cm³/mol. The Bertz CT molecular complexity index is 797. The van der Waals surface area contributed by atoms with Gasteiger partial charge in [-0.3, -0.25) is 15.6 Å². The van der Waals surface area contributed by atoms with Gasteiger partial charge < -0.3 is 15.0 Å².